The van der Waals surface area contributed by atoms with Crippen LogP contribution in [-0.4, -0.2) is 17.2 Å². The molecule has 1 rings (SSSR count). The molecule has 3 nitrogen and oxygen atoms in total. The van der Waals surface area contributed by atoms with E-state index in [2.05, 4.69) is 22.9 Å². The molecule has 0 spiro atoms. The molecule has 0 saturated heterocycles. The fraction of sp³-hybridized carbons (Fsp3) is 0.417. The van der Waals surface area contributed by atoms with Gasteiger partial charge in [-0.15, -0.1) is 0 Å². The summed E-state index contributed by atoms with van der Waals surface area (Å²) in [5, 5.41) is 9.08. The van der Waals surface area contributed by atoms with Crippen molar-refractivity contribution in [3.63, 3.8) is 0 Å². The first-order valence-electron chi connectivity index (χ1n) is 5.24. The van der Waals surface area contributed by atoms with Crippen LogP contribution >= 0.6 is 15.9 Å². The molecule has 0 aliphatic heterocycles. The summed E-state index contributed by atoms with van der Waals surface area (Å²) in [6, 6.07) is 5.14. The standard InChI is InChI=1S/C12H15BrO3/c1-3-5-8(2)16-10-7-4-6-9(13)11(10)12(14)15/h4,6-8H,3,5H2,1-2H3,(H,14,15). The molecule has 1 N–H and O–H groups in total. The van der Waals surface area contributed by atoms with Gasteiger partial charge in [0.1, 0.15) is 11.3 Å². The van der Waals surface area contributed by atoms with Crippen LogP contribution in [-0.2, 0) is 0 Å². The van der Waals surface area contributed by atoms with E-state index in [1.54, 1.807) is 18.2 Å². The minimum absolute atomic E-state index is 0.0254. The summed E-state index contributed by atoms with van der Waals surface area (Å²) in [6.45, 7) is 4.01. The monoisotopic (exact) mass is 286 g/mol. The molecule has 0 aliphatic carbocycles. The molecule has 4 heteroatoms. The van der Waals surface area contributed by atoms with Gasteiger partial charge in [0.25, 0.3) is 0 Å². The minimum Gasteiger partial charge on any atom is -0.490 e. The summed E-state index contributed by atoms with van der Waals surface area (Å²) in [5.74, 6) is -0.561. The van der Waals surface area contributed by atoms with Crippen LogP contribution in [0.2, 0.25) is 0 Å². The summed E-state index contributed by atoms with van der Waals surface area (Å²) in [4.78, 5) is 11.1. The molecule has 0 aliphatic rings. The Bertz CT molecular complexity index is 377. The Morgan fingerprint density at radius 3 is 2.81 bits per heavy atom. The largest absolute Gasteiger partial charge is 0.490 e. The molecule has 88 valence electrons. The van der Waals surface area contributed by atoms with E-state index < -0.39 is 5.97 Å². The molecule has 0 bridgehead atoms. The van der Waals surface area contributed by atoms with Gasteiger partial charge in [-0.2, -0.15) is 0 Å². The van der Waals surface area contributed by atoms with Crippen LogP contribution < -0.4 is 4.74 Å². The predicted octanol–water partition coefficient (Wildman–Crippen LogP) is 3.71. The summed E-state index contributed by atoms with van der Waals surface area (Å²) in [5.41, 5.74) is 0.186. The molecule has 0 saturated carbocycles. The van der Waals surface area contributed by atoms with Crippen molar-refractivity contribution < 1.29 is 14.6 Å². The Hall–Kier alpha value is -1.03. The molecular formula is C12H15BrO3. The van der Waals surface area contributed by atoms with Crippen LogP contribution in [0.1, 0.15) is 37.0 Å². The van der Waals surface area contributed by atoms with E-state index in [1.165, 1.54) is 0 Å². The van der Waals surface area contributed by atoms with Crippen molar-refractivity contribution in [2.24, 2.45) is 0 Å². The van der Waals surface area contributed by atoms with Crippen molar-refractivity contribution in [3.8, 4) is 5.75 Å². The Morgan fingerprint density at radius 2 is 2.25 bits per heavy atom. The van der Waals surface area contributed by atoms with Gasteiger partial charge in [-0.1, -0.05) is 19.4 Å². The van der Waals surface area contributed by atoms with Crippen LogP contribution in [0.15, 0.2) is 22.7 Å². The second-order valence-corrected chi connectivity index (χ2v) is 4.49. The fourth-order valence-electron chi connectivity index (χ4n) is 1.49. The minimum atomic E-state index is -0.980. The number of aromatic carboxylic acids is 1. The first-order valence-corrected chi connectivity index (χ1v) is 6.04. The summed E-state index contributed by atoms with van der Waals surface area (Å²) in [7, 11) is 0. The van der Waals surface area contributed by atoms with Gasteiger partial charge < -0.3 is 9.84 Å². The summed E-state index contributed by atoms with van der Waals surface area (Å²) >= 11 is 3.22. The third-order valence-corrected chi connectivity index (χ3v) is 2.87. The van der Waals surface area contributed by atoms with Gasteiger partial charge in [-0.25, -0.2) is 4.79 Å². The van der Waals surface area contributed by atoms with E-state index in [9.17, 15) is 4.79 Å². The number of rotatable bonds is 5. The Morgan fingerprint density at radius 1 is 1.56 bits per heavy atom. The third-order valence-electron chi connectivity index (χ3n) is 2.21. The van der Waals surface area contributed by atoms with Crippen LogP contribution in [0, 0.1) is 0 Å². The number of ether oxygens (including phenoxy) is 1. The van der Waals surface area contributed by atoms with Gasteiger partial charge in [-0.3, -0.25) is 0 Å². The highest BCUT2D eigenvalue weighted by atomic mass is 79.9. The number of carboxylic acids is 1. The van der Waals surface area contributed by atoms with Gasteiger partial charge in [0.2, 0.25) is 0 Å². The lowest BCUT2D eigenvalue weighted by molar-refractivity contribution is 0.0688. The van der Waals surface area contributed by atoms with Gasteiger partial charge in [0, 0.05) is 4.47 Å². The number of benzene rings is 1. The number of carboxylic acid groups (broad SMARTS) is 1. The highest BCUT2D eigenvalue weighted by Gasteiger charge is 2.16. The maximum Gasteiger partial charge on any atom is 0.340 e. The highest BCUT2D eigenvalue weighted by Crippen LogP contribution is 2.27. The third kappa shape index (κ3) is 3.23. The average molecular weight is 287 g/mol. The quantitative estimate of drug-likeness (QED) is 0.897. The molecule has 0 heterocycles. The Labute approximate surface area is 104 Å². The zero-order valence-electron chi connectivity index (χ0n) is 9.37. The Balaban J connectivity index is 2.95. The van der Waals surface area contributed by atoms with E-state index in [1.807, 2.05) is 6.92 Å². The predicted molar refractivity (Wildman–Crippen MR) is 66.1 cm³/mol. The van der Waals surface area contributed by atoms with Gasteiger partial charge in [0.15, 0.2) is 0 Å². The molecule has 1 aromatic rings. The Kier molecular flexibility index (Phi) is 4.80. The normalized spacial score (nSPS) is 12.2. The number of carbonyl (C=O) groups is 1. The maximum atomic E-state index is 11.1. The van der Waals surface area contributed by atoms with Crippen molar-refractivity contribution in [1.29, 1.82) is 0 Å². The lowest BCUT2D eigenvalue weighted by Crippen LogP contribution is -2.13. The topological polar surface area (TPSA) is 46.5 Å². The average Bonchev–Trinajstić information content (AvgIpc) is 2.17. The van der Waals surface area contributed by atoms with Crippen LogP contribution in [0.4, 0.5) is 0 Å². The second-order valence-electron chi connectivity index (χ2n) is 3.64. The zero-order valence-corrected chi connectivity index (χ0v) is 11.0. The molecule has 0 radical (unpaired) electrons. The number of hydrogen-bond donors (Lipinski definition) is 1. The second kappa shape index (κ2) is 5.89. The number of halogens is 1. The summed E-state index contributed by atoms with van der Waals surface area (Å²) < 4.78 is 6.16. The van der Waals surface area contributed by atoms with Crippen LogP contribution in [0.25, 0.3) is 0 Å². The molecule has 0 aromatic heterocycles. The summed E-state index contributed by atoms with van der Waals surface area (Å²) in [6.07, 6.45) is 1.95. The molecule has 1 atom stereocenters. The fourth-order valence-corrected chi connectivity index (χ4v) is 2.01. The van der Waals surface area contributed by atoms with Crippen molar-refractivity contribution in [1.82, 2.24) is 0 Å². The lowest BCUT2D eigenvalue weighted by atomic mass is 10.2. The molecule has 1 aromatic carbocycles. The van der Waals surface area contributed by atoms with Crippen molar-refractivity contribution in [3.05, 3.63) is 28.2 Å². The van der Waals surface area contributed by atoms with E-state index in [0.29, 0.717) is 10.2 Å². The van der Waals surface area contributed by atoms with E-state index >= 15 is 0 Å². The molecule has 0 fully saturated rings. The lowest BCUT2D eigenvalue weighted by Gasteiger charge is -2.16. The SMILES string of the molecule is CCCC(C)Oc1cccc(Br)c1C(=O)O. The smallest absolute Gasteiger partial charge is 0.340 e. The molecule has 0 amide bonds. The van der Waals surface area contributed by atoms with E-state index in [-0.39, 0.29) is 11.7 Å². The van der Waals surface area contributed by atoms with Crippen LogP contribution in [0.3, 0.4) is 0 Å². The highest BCUT2D eigenvalue weighted by molar-refractivity contribution is 9.10. The van der Waals surface area contributed by atoms with Crippen molar-refractivity contribution >= 4 is 21.9 Å². The van der Waals surface area contributed by atoms with Gasteiger partial charge in [-0.05, 0) is 41.4 Å². The van der Waals surface area contributed by atoms with Gasteiger partial charge >= 0.3 is 5.97 Å². The zero-order chi connectivity index (χ0) is 12.1. The van der Waals surface area contributed by atoms with E-state index in [0.717, 1.165) is 12.8 Å². The number of hydrogen-bond acceptors (Lipinski definition) is 2. The molecular weight excluding hydrogens is 272 g/mol. The first-order chi connectivity index (χ1) is 7.56. The maximum absolute atomic E-state index is 11.1. The van der Waals surface area contributed by atoms with Crippen LogP contribution in [0.5, 0.6) is 5.75 Å². The first kappa shape index (κ1) is 13.0. The van der Waals surface area contributed by atoms with Crippen molar-refractivity contribution in [2.75, 3.05) is 0 Å². The van der Waals surface area contributed by atoms with E-state index in [4.69, 9.17) is 9.84 Å². The molecule has 16 heavy (non-hydrogen) atoms. The van der Waals surface area contributed by atoms with Gasteiger partial charge in [0.05, 0.1) is 6.10 Å². The van der Waals surface area contributed by atoms with Crippen molar-refractivity contribution in [2.45, 2.75) is 32.8 Å². The molecule has 1 unspecified atom stereocenters.